The van der Waals surface area contributed by atoms with Crippen LogP contribution in [0.5, 0.6) is 0 Å². The van der Waals surface area contributed by atoms with E-state index in [2.05, 4.69) is 17.1 Å². The van der Waals surface area contributed by atoms with Crippen molar-refractivity contribution in [3.8, 4) is 0 Å². The van der Waals surface area contributed by atoms with Crippen molar-refractivity contribution in [1.82, 2.24) is 10.2 Å². The maximum atomic E-state index is 12.0. The van der Waals surface area contributed by atoms with Gasteiger partial charge in [0.05, 0.1) is 6.04 Å². The van der Waals surface area contributed by atoms with Gasteiger partial charge in [0.2, 0.25) is 5.91 Å². The summed E-state index contributed by atoms with van der Waals surface area (Å²) in [5.41, 5.74) is 5.77. The van der Waals surface area contributed by atoms with Gasteiger partial charge in [0, 0.05) is 19.1 Å². The van der Waals surface area contributed by atoms with Crippen LogP contribution in [-0.4, -0.2) is 42.5 Å². The van der Waals surface area contributed by atoms with Crippen molar-refractivity contribution in [3.05, 3.63) is 0 Å². The number of hydrogen-bond donors (Lipinski definition) is 2. The summed E-state index contributed by atoms with van der Waals surface area (Å²) in [5, 5.41) is 3.08. The second-order valence-corrected chi connectivity index (χ2v) is 6.06. The highest BCUT2D eigenvalue weighted by Crippen LogP contribution is 2.18. The number of halogens is 2. The molecule has 1 aliphatic rings. The van der Waals surface area contributed by atoms with E-state index >= 15 is 0 Å². The van der Waals surface area contributed by atoms with Crippen molar-refractivity contribution in [2.24, 2.45) is 11.1 Å². The molecule has 0 aliphatic carbocycles. The third-order valence-corrected chi connectivity index (χ3v) is 3.60. The van der Waals surface area contributed by atoms with Crippen LogP contribution < -0.4 is 11.1 Å². The molecule has 4 nitrogen and oxygen atoms in total. The first-order valence-electron chi connectivity index (χ1n) is 6.63. The largest absolute Gasteiger partial charge is 0.352 e. The standard InChI is InChI=1S/C13H27N3O.2ClH/c1-5-16-8-6-10(7-9-16)15-12(17)11(14)13(2,3)4;;/h10-11H,5-9,14H2,1-4H3,(H,15,17);2*1H/t11-;;/m1../s1. The fourth-order valence-electron chi connectivity index (χ4n) is 2.08. The van der Waals surface area contributed by atoms with Gasteiger partial charge in [0.1, 0.15) is 0 Å². The highest BCUT2D eigenvalue weighted by Gasteiger charge is 2.29. The monoisotopic (exact) mass is 313 g/mol. The lowest BCUT2D eigenvalue weighted by Crippen LogP contribution is -2.53. The van der Waals surface area contributed by atoms with E-state index in [1.165, 1.54) is 0 Å². The van der Waals surface area contributed by atoms with E-state index in [0.717, 1.165) is 32.5 Å². The van der Waals surface area contributed by atoms with Gasteiger partial charge in [-0.25, -0.2) is 0 Å². The summed E-state index contributed by atoms with van der Waals surface area (Å²) < 4.78 is 0. The van der Waals surface area contributed by atoms with Crippen molar-refractivity contribution in [1.29, 1.82) is 0 Å². The second kappa shape index (κ2) is 9.01. The Bertz CT molecular complexity index is 261. The Morgan fingerprint density at radius 3 is 2.16 bits per heavy atom. The second-order valence-electron chi connectivity index (χ2n) is 6.06. The van der Waals surface area contributed by atoms with Gasteiger partial charge in [0.25, 0.3) is 0 Å². The molecule has 116 valence electrons. The molecule has 3 N–H and O–H groups in total. The Labute approximate surface area is 129 Å². The molecule has 0 radical (unpaired) electrons. The Kier molecular flexibility index (Phi) is 10.1. The van der Waals surface area contributed by atoms with Gasteiger partial charge >= 0.3 is 0 Å². The number of carbonyl (C=O) groups is 1. The molecule has 1 heterocycles. The minimum Gasteiger partial charge on any atom is -0.352 e. The topological polar surface area (TPSA) is 58.4 Å². The summed E-state index contributed by atoms with van der Waals surface area (Å²) in [6, 6.07) is -0.120. The van der Waals surface area contributed by atoms with Gasteiger partial charge in [0.15, 0.2) is 0 Å². The van der Waals surface area contributed by atoms with Crippen LogP contribution in [0.25, 0.3) is 0 Å². The fourth-order valence-corrected chi connectivity index (χ4v) is 2.08. The average Bonchev–Trinajstić information content (AvgIpc) is 2.27. The number of carbonyl (C=O) groups excluding carboxylic acids is 1. The molecule has 0 unspecified atom stereocenters. The molecule has 1 atom stereocenters. The van der Waals surface area contributed by atoms with Crippen LogP contribution in [0.4, 0.5) is 0 Å². The zero-order valence-electron chi connectivity index (χ0n) is 12.4. The lowest BCUT2D eigenvalue weighted by molar-refractivity contribution is -0.125. The van der Waals surface area contributed by atoms with Gasteiger partial charge in [-0.2, -0.15) is 0 Å². The van der Waals surface area contributed by atoms with Crippen molar-refractivity contribution >= 4 is 30.7 Å². The maximum absolute atomic E-state index is 12.0. The highest BCUT2D eigenvalue weighted by atomic mass is 35.5. The summed E-state index contributed by atoms with van der Waals surface area (Å²) in [4.78, 5) is 14.4. The molecule has 1 aliphatic heterocycles. The molecule has 0 aromatic rings. The Hall–Kier alpha value is -0.0300. The smallest absolute Gasteiger partial charge is 0.237 e. The molecule has 1 saturated heterocycles. The summed E-state index contributed by atoms with van der Waals surface area (Å²) in [7, 11) is 0. The van der Waals surface area contributed by atoms with Crippen molar-refractivity contribution < 1.29 is 4.79 Å². The average molecular weight is 314 g/mol. The molecule has 0 aromatic heterocycles. The number of likely N-dealkylation sites (tertiary alicyclic amines) is 1. The normalized spacial score (nSPS) is 19.0. The zero-order valence-corrected chi connectivity index (χ0v) is 14.1. The van der Waals surface area contributed by atoms with E-state index in [9.17, 15) is 4.79 Å². The predicted octanol–water partition coefficient (Wildman–Crippen LogP) is 1.80. The quantitative estimate of drug-likeness (QED) is 0.835. The number of nitrogens with one attached hydrogen (secondary N) is 1. The minimum atomic E-state index is -0.424. The molecule has 19 heavy (non-hydrogen) atoms. The number of piperidine rings is 1. The summed E-state index contributed by atoms with van der Waals surface area (Å²) >= 11 is 0. The number of hydrogen-bond acceptors (Lipinski definition) is 3. The molecule has 1 fully saturated rings. The molecular weight excluding hydrogens is 285 g/mol. The Morgan fingerprint density at radius 1 is 1.32 bits per heavy atom. The van der Waals surface area contributed by atoms with Crippen LogP contribution in [0.3, 0.4) is 0 Å². The van der Waals surface area contributed by atoms with Crippen LogP contribution in [0.2, 0.25) is 0 Å². The van der Waals surface area contributed by atoms with E-state index in [-0.39, 0.29) is 36.1 Å². The molecule has 1 amide bonds. The van der Waals surface area contributed by atoms with E-state index < -0.39 is 6.04 Å². The number of rotatable bonds is 3. The van der Waals surface area contributed by atoms with Crippen LogP contribution >= 0.6 is 24.8 Å². The first-order chi connectivity index (χ1) is 7.84. The molecule has 0 bridgehead atoms. The van der Waals surface area contributed by atoms with Crippen LogP contribution in [0.15, 0.2) is 0 Å². The van der Waals surface area contributed by atoms with Gasteiger partial charge in [-0.1, -0.05) is 27.7 Å². The first kappa shape index (κ1) is 21.3. The molecule has 0 spiro atoms. The summed E-state index contributed by atoms with van der Waals surface area (Å²) in [5.74, 6) is -0.00699. The van der Waals surface area contributed by atoms with Crippen LogP contribution in [-0.2, 0) is 4.79 Å². The zero-order chi connectivity index (χ0) is 13.1. The lowest BCUT2D eigenvalue weighted by atomic mass is 9.86. The minimum absolute atomic E-state index is 0. The molecule has 1 rings (SSSR count). The molecule has 0 aromatic carbocycles. The van der Waals surface area contributed by atoms with Gasteiger partial charge in [-0.3, -0.25) is 4.79 Å². The fraction of sp³-hybridized carbons (Fsp3) is 0.923. The lowest BCUT2D eigenvalue weighted by Gasteiger charge is -2.33. The third kappa shape index (κ3) is 6.80. The summed E-state index contributed by atoms with van der Waals surface area (Å²) in [6.45, 7) is 11.4. The van der Waals surface area contributed by atoms with Crippen LogP contribution in [0, 0.1) is 5.41 Å². The van der Waals surface area contributed by atoms with Crippen molar-refractivity contribution in [2.45, 2.75) is 52.6 Å². The third-order valence-electron chi connectivity index (χ3n) is 3.60. The molecule has 0 saturated carbocycles. The predicted molar refractivity (Wildman–Crippen MR) is 85.2 cm³/mol. The van der Waals surface area contributed by atoms with Crippen LogP contribution in [0.1, 0.15) is 40.5 Å². The molecule has 6 heteroatoms. The highest BCUT2D eigenvalue weighted by molar-refractivity contribution is 5.85. The molecular formula is C13H29Cl2N3O. The first-order valence-corrected chi connectivity index (χ1v) is 6.63. The van der Waals surface area contributed by atoms with Crippen molar-refractivity contribution in [3.63, 3.8) is 0 Å². The Morgan fingerprint density at radius 2 is 1.79 bits per heavy atom. The maximum Gasteiger partial charge on any atom is 0.237 e. The van der Waals surface area contributed by atoms with E-state index in [1.807, 2.05) is 20.8 Å². The van der Waals surface area contributed by atoms with Gasteiger partial charge in [-0.05, 0) is 24.8 Å². The number of nitrogens with two attached hydrogens (primary N) is 1. The number of amides is 1. The SMILES string of the molecule is CCN1CCC(NC(=O)[C@@H](N)C(C)(C)C)CC1.Cl.Cl. The Balaban J connectivity index is 0. The number of nitrogens with zero attached hydrogens (tertiary/aromatic N) is 1. The van der Waals surface area contributed by atoms with E-state index in [4.69, 9.17) is 5.73 Å². The van der Waals surface area contributed by atoms with Gasteiger partial charge < -0.3 is 16.0 Å². The summed E-state index contributed by atoms with van der Waals surface area (Å²) in [6.07, 6.45) is 2.08. The van der Waals surface area contributed by atoms with E-state index in [0.29, 0.717) is 6.04 Å². The van der Waals surface area contributed by atoms with E-state index in [1.54, 1.807) is 0 Å². The van der Waals surface area contributed by atoms with Gasteiger partial charge in [-0.15, -0.1) is 24.8 Å². The van der Waals surface area contributed by atoms with Crippen molar-refractivity contribution in [2.75, 3.05) is 19.6 Å².